The van der Waals surface area contributed by atoms with E-state index in [0.29, 0.717) is 17.9 Å². The van der Waals surface area contributed by atoms with Crippen LogP contribution in [0, 0.1) is 0 Å². The quantitative estimate of drug-likeness (QED) is 0.357. The summed E-state index contributed by atoms with van der Waals surface area (Å²) >= 11 is 5.93. The van der Waals surface area contributed by atoms with Crippen molar-refractivity contribution >= 4 is 23.3 Å². The van der Waals surface area contributed by atoms with Crippen molar-refractivity contribution < 1.29 is 14.7 Å². The van der Waals surface area contributed by atoms with Crippen LogP contribution in [0.3, 0.4) is 0 Å². The number of rotatable bonds is 7. The summed E-state index contributed by atoms with van der Waals surface area (Å²) < 4.78 is 5.15. The van der Waals surface area contributed by atoms with Crippen LogP contribution in [0.15, 0.2) is 59.8 Å². The van der Waals surface area contributed by atoms with Crippen LogP contribution in [-0.4, -0.2) is 16.9 Å². The van der Waals surface area contributed by atoms with Gasteiger partial charge in [-0.1, -0.05) is 59.2 Å². The van der Waals surface area contributed by atoms with Crippen molar-refractivity contribution in [2.45, 2.75) is 25.9 Å². The standard InChI is InChI=1S/C18H18ClNO3/c19-16-10-4-8-14(12-16)9-5-11-17(20-22)18(21)23-13-15-6-2-1-3-7-15/h1-4,6-8,10,12,22H,5,9,11,13H2. The molecule has 0 unspecified atom stereocenters. The average molecular weight is 332 g/mol. The van der Waals surface area contributed by atoms with Crippen LogP contribution in [-0.2, 0) is 22.6 Å². The SMILES string of the molecule is O=C(OCc1ccccc1)C(CCCc1cccc(Cl)c1)=NO. The fraction of sp³-hybridized carbons (Fsp3) is 0.222. The van der Waals surface area contributed by atoms with E-state index in [9.17, 15) is 4.79 Å². The smallest absolute Gasteiger partial charge is 0.356 e. The van der Waals surface area contributed by atoms with Crippen LogP contribution in [0.1, 0.15) is 24.0 Å². The van der Waals surface area contributed by atoms with Crippen LogP contribution in [0.5, 0.6) is 0 Å². The minimum atomic E-state index is -0.595. The Labute approximate surface area is 140 Å². The fourth-order valence-electron chi connectivity index (χ4n) is 2.15. The predicted molar refractivity (Wildman–Crippen MR) is 89.8 cm³/mol. The zero-order chi connectivity index (χ0) is 16.5. The first-order valence-electron chi connectivity index (χ1n) is 7.35. The molecule has 0 fully saturated rings. The Bertz CT molecular complexity index is 671. The van der Waals surface area contributed by atoms with Gasteiger partial charge in [-0.05, 0) is 36.1 Å². The van der Waals surface area contributed by atoms with E-state index in [1.54, 1.807) is 0 Å². The molecule has 0 heterocycles. The highest BCUT2D eigenvalue weighted by atomic mass is 35.5. The van der Waals surface area contributed by atoms with E-state index in [1.165, 1.54) is 0 Å². The highest BCUT2D eigenvalue weighted by Crippen LogP contribution is 2.13. The Morgan fingerprint density at radius 3 is 2.52 bits per heavy atom. The molecule has 0 saturated carbocycles. The Balaban J connectivity index is 1.79. The highest BCUT2D eigenvalue weighted by Gasteiger charge is 2.14. The van der Waals surface area contributed by atoms with Crippen LogP contribution in [0.25, 0.3) is 0 Å². The molecule has 0 aliphatic rings. The number of carbonyl (C=O) groups excluding carboxylic acids is 1. The molecule has 120 valence electrons. The molecule has 23 heavy (non-hydrogen) atoms. The lowest BCUT2D eigenvalue weighted by molar-refractivity contribution is -0.137. The van der Waals surface area contributed by atoms with Crippen LogP contribution < -0.4 is 0 Å². The number of esters is 1. The van der Waals surface area contributed by atoms with E-state index in [4.69, 9.17) is 21.5 Å². The van der Waals surface area contributed by atoms with E-state index in [2.05, 4.69) is 5.16 Å². The summed E-state index contributed by atoms with van der Waals surface area (Å²) in [6, 6.07) is 16.9. The third-order valence-corrected chi connectivity index (χ3v) is 3.57. The summed E-state index contributed by atoms with van der Waals surface area (Å²) in [4.78, 5) is 11.9. The Morgan fingerprint density at radius 1 is 1.09 bits per heavy atom. The molecule has 0 radical (unpaired) electrons. The second-order valence-electron chi connectivity index (χ2n) is 5.09. The van der Waals surface area contributed by atoms with E-state index in [0.717, 1.165) is 17.5 Å². The summed E-state index contributed by atoms with van der Waals surface area (Å²) in [5.41, 5.74) is 1.99. The lowest BCUT2D eigenvalue weighted by atomic mass is 10.1. The third-order valence-electron chi connectivity index (χ3n) is 3.34. The lowest BCUT2D eigenvalue weighted by Crippen LogP contribution is -2.18. The molecular formula is C18H18ClNO3. The van der Waals surface area contributed by atoms with Gasteiger partial charge in [-0.3, -0.25) is 0 Å². The van der Waals surface area contributed by atoms with E-state index >= 15 is 0 Å². The molecule has 2 aromatic rings. The zero-order valence-corrected chi connectivity index (χ0v) is 13.4. The van der Waals surface area contributed by atoms with E-state index < -0.39 is 5.97 Å². The molecule has 0 aliphatic heterocycles. The van der Waals surface area contributed by atoms with Gasteiger partial charge in [-0.2, -0.15) is 0 Å². The molecule has 0 amide bonds. The summed E-state index contributed by atoms with van der Waals surface area (Å²) in [6.45, 7) is 0.160. The molecule has 4 nitrogen and oxygen atoms in total. The van der Waals surface area contributed by atoms with Crippen LogP contribution in [0.4, 0.5) is 0 Å². The second-order valence-corrected chi connectivity index (χ2v) is 5.53. The van der Waals surface area contributed by atoms with Gasteiger partial charge in [-0.25, -0.2) is 4.79 Å². The number of carbonyl (C=O) groups is 1. The summed E-state index contributed by atoms with van der Waals surface area (Å²) in [7, 11) is 0. The molecular weight excluding hydrogens is 314 g/mol. The van der Waals surface area contributed by atoms with E-state index in [1.807, 2.05) is 54.6 Å². The van der Waals surface area contributed by atoms with Crippen molar-refractivity contribution in [1.29, 1.82) is 0 Å². The first-order chi connectivity index (χ1) is 11.2. The van der Waals surface area contributed by atoms with Crippen molar-refractivity contribution in [2.24, 2.45) is 5.16 Å². The van der Waals surface area contributed by atoms with Crippen molar-refractivity contribution in [3.05, 3.63) is 70.7 Å². The molecule has 0 aliphatic carbocycles. The zero-order valence-electron chi connectivity index (χ0n) is 12.6. The molecule has 0 aromatic heterocycles. The molecule has 0 spiro atoms. The Kier molecular flexibility index (Phi) is 6.63. The normalized spacial score (nSPS) is 11.3. The molecule has 0 bridgehead atoms. The number of hydrogen-bond donors (Lipinski definition) is 1. The number of benzene rings is 2. The van der Waals surface area contributed by atoms with Crippen molar-refractivity contribution in [1.82, 2.24) is 0 Å². The van der Waals surface area contributed by atoms with Crippen LogP contribution in [0.2, 0.25) is 5.02 Å². The highest BCUT2D eigenvalue weighted by molar-refractivity contribution is 6.36. The van der Waals surface area contributed by atoms with Crippen molar-refractivity contribution in [3.8, 4) is 0 Å². The minimum absolute atomic E-state index is 0.0305. The summed E-state index contributed by atoms with van der Waals surface area (Å²) in [6.07, 6.45) is 1.75. The fourth-order valence-corrected chi connectivity index (χ4v) is 2.36. The number of oxime groups is 1. The van der Waals surface area contributed by atoms with Gasteiger partial charge in [0.15, 0.2) is 5.71 Å². The Morgan fingerprint density at radius 2 is 1.83 bits per heavy atom. The Hall–Kier alpha value is -2.33. The van der Waals surface area contributed by atoms with Gasteiger partial charge in [0.1, 0.15) is 6.61 Å². The number of hydrogen-bond acceptors (Lipinski definition) is 4. The van der Waals surface area contributed by atoms with Crippen molar-refractivity contribution in [2.75, 3.05) is 0 Å². The molecule has 2 rings (SSSR count). The number of ether oxygens (including phenoxy) is 1. The van der Waals surface area contributed by atoms with Crippen LogP contribution >= 0.6 is 11.6 Å². The largest absolute Gasteiger partial charge is 0.456 e. The van der Waals surface area contributed by atoms with Gasteiger partial charge in [0.05, 0.1) is 0 Å². The van der Waals surface area contributed by atoms with Crippen molar-refractivity contribution in [3.63, 3.8) is 0 Å². The molecule has 0 saturated heterocycles. The summed E-state index contributed by atoms with van der Waals surface area (Å²) in [5, 5.41) is 12.7. The molecule has 0 atom stereocenters. The van der Waals surface area contributed by atoms with Gasteiger partial charge in [0.2, 0.25) is 0 Å². The third kappa shape index (κ3) is 5.75. The second kappa shape index (κ2) is 8.96. The molecule has 1 N–H and O–H groups in total. The predicted octanol–water partition coefficient (Wildman–Crippen LogP) is 4.24. The lowest BCUT2D eigenvalue weighted by Gasteiger charge is -2.06. The maximum atomic E-state index is 11.9. The van der Waals surface area contributed by atoms with Gasteiger partial charge in [0, 0.05) is 11.4 Å². The van der Waals surface area contributed by atoms with Gasteiger partial charge < -0.3 is 9.94 Å². The number of halogens is 1. The minimum Gasteiger partial charge on any atom is -0.456 e. The first kappa shape index (κ1) is 17.0. The number of aryl methyl sites for hydroxylation is 1. The maximum absolute atomic E-state index is 11.9. The number of nitrogens with zero attached hydrogens (tertiary/aromatic N) is 1. The molecule has 5 heteroatoms. The average Bonchev–Trinajstić information content (AvgIpc) is 2.57. The monoisotopic (exact) mass is 331 g/mol. The summed E-state index contributed by atoms with van der Waals surface area (Å²) in [5.74, 6) is -0.595. The topological polar surface area (TPSA) is 58.9 Å². The van der Waals surface area contributed by atoms with Gasteiger partial charge in [0.25, 0.3) is 0 Å². The first-order valence-corrected chi connectivity index (χ1v) is 7.73. The van der Waals surface area contributed by atoms with Gasteiger partial charge in [-0.15, -0.1) is 0 Å². The van der Waals surface area contributed by atoms with Gasteiger partial charge >= 0.3 is 5.97 Å². The van der Waals surface area contributed by atoms with E-state index in [-0.39, 0.29) is 12.3 Å². The molecule has 2 aromatic carbocycles. The maximum Gasteiger partial charge on any atom is 0.356 e.